The molecule has 0 saturated carbocycles. The minimum atomic E-state index is -0.238. The van der Waals surface area contributed by atoms with Crippen molar-refractivity contribution in [1.29, 1.82) is 0 Å². The third-order valence-corrected chi connectivity index (χ3v) is 2.70. The maximum Gasteiger partial charge on any atom is 0.261 e. The molecule has 7 heteroatoms. The van der Waals surface area contributed by atoms with E-state index in [0.717, 1.165) is 0 Å². The average molecular weight is 226 g/mol. The van der Waals surface area contributed by atoms with Gasteiger partial charge in [-0.05, 0) is 7.05 Å². The maximum absolute atomic E-state index is 11.7. The SMILES string of the molecule is CN1CCN(N2CC(=O)NCC2=O)C(=O)C1. The molecule has 0 unspecified atom stereocenters. The van der Waals surface area contributed by atoms with E-state index in [1.165, 1.54) is 10.0 Å². The average Bonchev–Trinajstić information content (AvgIpc) is 2.22. The molecular weight excluding hydrogens is 212 g/mol. The van der Waals surface area contributed by atoms with Gasteiger partial charge in [0, 0.05) is 6.54 Å². The standard InChI is InChI=1S/C9H14N4O3/c1-11-2-3-12(9(16)6-11)13-5-7(14)10-4-8(13)15/h2-6H2,1H3,(H,10,14). The van der Waals surface area contributed by atoms with Crippen LogP contribution in [0.15, 0.2) is 0 Å². The quantitative estimate of drug-likeness (QED) is 0.542. The van der Waals surface area contributed by atoms with Crippen molar-refractivity contribution in [2.75, 3.05) is 39.8 Å². The van der Waals surface area contributed by atoms with Gasteiger partial charge in [0.2, 0.25) is 5.91 Å². The molecule has 0 bridgehead atoms. The number of hydrazine groups is 1. The van der Waals surface area contributed by atoms with Gasteiger partial charge >= 0.3 is 0 Å². The van der Waals surface area contributed by atoms with Gasteiger partial charge in [0.15, 0.2) is 0 Å². The smallest absolute Gasteiger partial charge is 0.261 e. The molecule has 0 aliphatic carbocycles. The van der Waals surface area contributed by atoms with Crippen LogP contribution in [0.5, 0.6) is 0 Å². The molecule has 0 atom stereocenters. The van der Waals surface area contributed by atoms with Crippen LogP contribution in [0.1, 0.15) is 0 Å². The Labute approximate surface area is 92.9 Å². The Bertz CT molecular complexity index is 344. The van der Waals surface area contributed by atoms with Crippen molar-refractivity contribution in [2.24, 2.45) is 0 Å². The fraction of sp³-hybridized carbons (Fsp3) is 0.667. The second-order valence-electron chi connectivity index (χ2n) is 3.98. The zero-order valence-corrected chi connectivity index (χ0v) is 9.10. The van der Waals surface area contributed by atoms with E-state index in [1.807, 2.05) is 11.9 Å². The first-order valence-electron chi connectivity index (χ1n) is 5.14. The molecular formula is C9H14N4O3. The fourth-order valence-corrected chi connectivity index (χ4v) is 1.80. The number of carbonyl (C=O) groups is 3. The zero-order chi connectivity index (χ0) is 11.7. The number of rotatable bonds is 1. The molecule has 16 heavy (non-hydrogen) atoms. The highest BCUT2D eigenvalue weighted by atomic mass is 16.2. The molecule has 7 nitrogen and oxygen atoms in total. The summed E-state index contributed by atoms with van der Waals surface area (Å²) in [6.07, 6.45) is 0. The van der Waals surface area contributed by atoms with Crippen LogP contribution in [0.25, 0.3) is 0 Å². The number of hydrogen-bond acceptors (Lipinski definition) is 4. The van der Waals surface area contributed by atoms with Gasteiger partial charge in [-0.1, -0.05) is 0 Å². The van der Waals surface area contributed by atoms with E-state index in [9.17, 15) is 14.4 Å². The third kappa shape index (κ3) is 1.99. The van der Waals surface area contributed by atoms with Crippen molar-refractivity contribution in [2.45, 2.75) is 0 Å². The molecule has 2 aliphatic rings. The normalized spacial score (nSPS) is 23.7. The Hall–Kier alpha value is -1.63. The Balaban J connectivity index is 2.08. The first kappa shape index (κ1) is 10.9. The van der Waals surface area contributed by atoms with Gasteiger partial charge in [0.05, 0.1) is 19.6 Å². The fourth-order valence-electron chi connectivity index (χ4n) is 1.80. The van der Waals surface area contributed by atoms with E-state index >= 15 is 0 Å². The molecule has 0 aromatic carbocycles. The summed E-state index contributed by atoms with van der Waals surface area (Å²) >= 11 is 0. The first-order chi connectivity index (χ1) is 7.58. The zero-order valence-electron chi connectivity index (χ0n) is 9.10. The lowest BCUT2D eigenvalue weighted by atomic mass is 10.3. The van der Waals surface area contributed by atoms with Gasteiger partial charge in [0.25, 0.3) is 11.8 Å². The van der Waals surface area contributed by atoms with Gasteiger partial charge in [-0.3, -0.25) is 19.3 Å². The lowest BCUT2D eigenvalue weighted by molar-refractivity contribution is -0.172. The number of nitrogens with one attached hydrogen (secondary N) is 1. The number of carbonyl (C=O) groups excluding carboxylic acids is 3. The van der Waals surface area contributed by atoms with Gasteiger partial charge < -0.3 is 5.32 Å². The Morgan fingerprint density at radius 3 is 2.44 bits per heavy atom. The Morgan fingerprint density at radius 1 is 1.00 bits per heavy atom. The molecule has 0 aromatic heterocycles. The molecule has 88 valence electrons. The van der Waals surface area contributed by atoms with E-state index in [1.54, 1.807) is 0 Å². The summed E-state index contributed by atoms with van der Waals surface area (Å²) < 4.78 is 0. The first-order valence-corrected chi connectivity index (χ1v) is 5.14. The van der Waals surface area contributed by atoms with Crippen LogP contribution in [0.3, 0.4) is 0 Å². The second kappa shape index (κ2) is 4.09. The number of likely N-dealkylation sites (N-methyl/N-ethyl adjacent to an activating group) is 1. The van der Waals surface area contributed by atoms with Crippen molar-refractivity contribution in [3.05, 3.63) is 0 Å². The van der Waals surface area contributed by atoms with Crippen molar-refractivity contribution in [3.8, 4) is 0 Å². The summed E-state index contributed by atoms with van der Waals surface area (Å²) in [5.41, 5.74) is 0. The highest BCUT2D eigenvalue weighted by molar-refractivity contribution is 5.94. The predicted molar refractivity (Wildman–Crippen MR) is 53.9 cm³/mol. The van der Waals surface area contributed by atoms with Crippen LogP contribution in [0.4, 0.5) is 0 Å². The van der Waals surface area contributed by atoms with Crippen LogP contribution in [0, 0.1) is 0 Å². The second-order valence-corrected chi connectivity index (χ2v) is 3.98. The van der Waals surface area contributed by atoms with Crippen LogP contribution in [-0.4, -0.2) is 72.4 Å². The summed E-state index contributed by atoms with van der Waals surface area (Å²) in [4.78, 5) is 36.3. The molecule has 2 heterocycles. The minimum Gasteiger partial charge on any atom is -0.345 e. The molecule has 2 saturated heterocycles. The summed E-state index contributed by atoms with van der Waals surface area (Å²) in [7, 11) is 1.85. The van der Waals surface area contributed by atoms with Crippen LogP contribution in [-0.2, 0) is 14.4 Å². The highest BCUT2D eigenvalue weighted by Gasteiger charge is 2.33. The molecule has 2 rings (SSSR count). The van der Waals surface area contributed by atoms with Crippen molar-refractivity contribution in [3.63, 3.8) is 0 Å². The van der Waals surface area contributed by atoms with Crippen LogP contribution < -0.4 is 5.32 Å². The lowest BCUT2D eigenvalue weighted by Crippen LogP contribution is -2.63. The van der Waals surface area contributed by atoms with Gasteiger partial charge in [0.1, 0.15) is 6.54 Å². The Kier molecular flexibility index (Phi) is 2.78. The molecule has 3 amide bonds. The van der Waals surface area contributed by atoms with Crippen molar-refractivity contribution < 1.29 is 14.4 Å². The number of nitrogens with zero attached hydrogens (tertiary/aromatic N) is 3. The monoisotopic (exact) mass is 226 g/mol. The largest absolute Gasteiger partial charge is 0.345 e. The number of piperazine rings is 2. The molecule has 2 aliphatic heterocycles. The van der Waals surface area contributed by atoms with E-state index in [0.29, 0.717) is 13.1 Å². The van der Waals surface area contributed by atoms with Gasteiger partial charge in [-0.25, -0.2) is 10.0 Å². The lowest BCUT2D eigenvalue weighted by Gasteiger charge is -2.40. The molecule has 1 N–H and O–H groups in total. The summed E-state index contributed by atoms with van der Waals surface area (Å²) in [6, 6.07) is 0. The number of hydrogen-bond donors (Lipinski definition) is 1. The van der Waals surface area contributed by atoms with Crippen LogP contribution >= 0.6 is 0 Å². The van der Waals surface area contributed by atoms with Crippen molar-refractivity contribution in [1.82, 2.24) is 20.2 Å². The highest BCUT2D eigenvalue weighted by Crippen LogP contribution is 2.08. The molecule has 0 spiro atoms. The van der Waals surface area contributed by atoms with Gasteiger partial charge in [-0.15, -0.1) is 0 Å². The minimum absolute atomic E-state index is 0.0293. The molecule has 2 fully saturated rings. The topological polar surface area (TPSA) is 73.0 Å². The van der Waals surface area contributed by atoms with E-state index < -0.39 is 0 Å². The van der Waals surface area contributed by atoms with Gasteiger partial charge in [-0.2, -0.15) is 0 Å². The maximum atomic E-state index is 11.7. The van der Waals surface area contributed by atoms with E-state index in [4.69, 9.17) is 0 Å². The van der Waals surface area contributed by atoms with Crippen molar-refractivity contribution >= 4 is 17.7 Å². The predicted octanol–water partition coefficient (Wildman–Crippen LogP) is -2.37. The molecule has 0 radical (unpaired) electrons. The molecule has 0 aromatic rings. The van der Waals surface area contributed by atoms with E-state index in [2.05, 4.69) is 5.32 Å². The number of amides is 3. The summed E-state index contributed by atoms with van der Waals surface area (Å²) in [5.74, 6) is -0.611. The van der Waals surface area contributed by atoms with Crippen LogP contribution in [0.2, 0.25) is 0 Å². The Morgan fingerprint density at radius 2 is 1.75 bits per heavy atom. The third-order valence-electron chi connectivity index (χ3n) is 2.70. The van der Waals surface area contributed by atoms with E-state index in [-0.39, 0.29) is 37.4 Å². The summed E-state index contributed by atoms with van der Waals surface area (Å²) in [6.45, 7) is 1.35. The summed E-state index contributed by atoms with van der Waals surface area (Å²) in [5, 5.41) is 5.07.